The van der Waals surface area contributed by atoms with E-state index in [9.17, 15) is 14.5 Å². The quantitative estimate of drug-likeness (QED) is 0.499. The molecule has 0 spiro atoms. The minimum absolute atomic E-state index is 0.00650. The van der Waals surface area contributed by atoms with E-state index in [1.807, 2.05) is 0 Å². The first-order valence-corrected chi connectivity index (χ1v) is 6.50. The Morgan fingerprint density at radius 2 is 1.95 bits per heavy atom. The summed E-state index contributed by atoms with van der Waals surface area (Å²) in [7, 11) is 0. The molecule has 1 N–H and O–H groups in total. The molecule has 0 saturated heterocycles. The van der Waals surface area contributed by atoms with Crippen molar-refractivity contribution in [3.8, 4) is 5.75 Å². The first kappa shape index (κ1) is 15.1. The van der Waals surface area contributed by atoms with Crippen LogP contribution >= 0.6 is 11.6 Å². The highest BCUT2D eigenvalue weighted by molar-refractivity contribution is 6.33. The monoisotopic (exact) mass is 310 g/mol. The average Bonchev–Trinajstić information content (AvgIpc) is 2.47. The van der Waals surface area contributed by atoms with Gasteiger partial charge in [0.15, 0.2) is 0 Å². The summed E-state index contributed by atoms with van der Waals surface area (Å²) in [6.45, 7) is 0.727. The van der Waals surface area contributed by atoms with Crippen LogP contribution in [0, 0.1) is 15.9 Å². The first-order chi connectivity index (χ1) is 10.1. The molecule has 2 aromatic rings. The lowest BCUT2D eigenvalue weighted by molar-refractivity contribution is -0.384. The number of non-ortho nitro benzene ring substituents is 1. The molecule has 110 valence electrons. The van der Waals surface area contributed by atoms with Gasteiger partial charge in [-0.05, 0) is 30.3 Å². The van der Waals surface area contributed by atoms with Crippen LogP contribution in [0.4, 0.5) is 15.8 Å². The van der Waals surface area contributed by atoms with Crippen LogP contribution in [0.25, 0.3) is 0 Å². The van der Waals surface area contributed by atoms with Crippen molar-refractivity contribution < 1.29 is 14.1 Å². The summed E-state index contributed by atoms with van der Waals surface area (Å²) in [5.41, 5.74) is 0.496. The summed E-state index contributed by atoms with van der Waals surface area (Å²) >= 11 is 5.91. The number of nitro groups is 1. The van der Waals surface area contributed by atoms with Crippen LogP contribution in [-0.4, -0.2) is 18.1 Å². The lowest BCUT2D eigenvalue weighted by atomic mass is 10.3. The Hall–Kier alpha value is -2.34. The van der Waals surface area contributed by atoms with Gasteiger partial charge in [0, 0.05) is 18.7 Å². The Bertz CT molecular complexity index is 635. The van der Waals surface area contributed by atoms with Crippen LogP contribution in [-0.2, 0) is 0 Å². The zero-order valence-electron chi connectivity index (χ0n) is 10.9. The molecule has 0 aliphatic carbocycles. The van der Waals surface area contributed by atoms with E-state index in [1.54, 1.807) is 0 Å². The molecule has 0 amide bonds. The number of rotatable bonds is 6. The molecule has 0 unspecified atom stereocenters. The number of ether oxygens (including phenoxy) is 1. The fourth-order valence-electron chi connectivity index (χ4n) is 1.65. The van der Waals surface area contributed by atoms with Gasteiger partial charge in [-0.3, -0.25) is 10.1 Å². The molecule has 0 fully saturated rings. The number of nitrogens with zero attached hydrogens (tertiary/aromatic N) is 1. The predicted molar refractivity (Wildman–Crippen MR) is 78.5 cm³/mol. The van der Waals surface area contributed by atoms with Gasteiger partial charge in [0.2, 0.25) is 0 Å². The van der Waals surface area contributed by atoms with Crippen molar-refractivity contribution in [2.75, 3.05) is 18.5 Å². The van der Waals surface area contributed by atoms with Gasteiger partial charge in [0.1, 0.15) is 18.2 Å². The highest BCUT2D eigenvalue weighted by Gasteiger charge is 2.04. The summed E-state index contributed by atoms with van der Waals surface area (Å²) in [4.78, 5) is 10.0. The molecule has 0 bridgehead atoms. The molecule has 21 heavy (non-hydrogen) atoms. The maximum atomic E-state index is 13.0. The Labute approximate surface area is 125 Å². The van der Waals surface area contributed by atoms with E-state index in [2.05, 4.69) is 5.32 Å². The lowest BCUT2D eigenvalue weighted by Crippen LogP contribution is -2.11. The van der Waals surface area contributed by atoms with E-state index in [0.29, 0.717) is 29.6 Å². The number of hydrogen-bond donors (Lipinski definition) is 1. The van der Waals surface area contributed by atoms with Crippen molar-refractivity contribution in [3.63, 3.8) is 0 Å². The molecule has 5 nitrogen and oxygen atoms in total. The van der Waals surface area contributed by atoms with Gasteiger partial charge < -0.3 is 10.1 Å². The average molecular weight is 311 g/mol. The van der Waals surface area contributed by atoms with Crippen LogP contribution in [0.3, 0.4) is 0 Å². The zero-order chi connectivity index (χ0) is 15.2. The molecule has 0 atom stereocenters. The van der Waals surface area contributed by atoms with Crippen molar-refractivity contribution in [2.45, 2.75) is 0 Å². The van der Waals surface area contributed by atoms with Crippen molar-refractivity contribution in [2.24, 2.45) is 0 Å². The fourth-order valence-corrected chi connectivity index (χ4v) is 1.84. The van der Waals surface area contributed by atoms with E-state index < -0.39 is 4.92 Å². The number of benzene rings is 2. The normalized spacial score (nSPS) is 10.2. The summed E-state index contributed by atoms with van der Waals surface area (Å²) in [5, 5.41) is 13.9. The summed E-state index contributed by atoms with van der Waals surface area (Å²) < 4.78 is 18.5. The van der Waals surface area contributed by atoms with Gasteiger partial charge in [-0.25, -0.2) is 4.39 Å². The summed E-state index contributed by atoms with van der Waals surface area (Å²) in [6, 6.07) is 9.82. The van der Waals surface area contributed by atoms with Gasteiger partial charge in [0.05, 0.1) is 15.6 Å². The largest absolute Gasteiger partial charge is 0.492 e. The Morgan fingerprint density at radius 3 is 2.62 bits per heavy atom. The van der Waals surface area contributed by atoms with Crippen LogP contribution in [0.2, 0.25) is 5.02 Å². The van der Waals surface area contributed by atoms with Crippen LogP contribution in [0.1, 0.15) is 0 Å². The number of nitro benzene ring substituents is 1. The molecular weight excluding hydrogens is 299 g/mol. The van der Waals surface area contributed by atoms with Crippen molar-refractivity contribution in [3.05, 3.63) is 63.4 Å². The van der Waals surface area contributed by atoms with Gasteiger partial charge in [-0.2, -0.15) is 0 Å². The molecule has 0 saturated carbocycles. The topological polar surface area (TPSA) is 64.4 Å². The fraction of sp³-hybridized carbons (Fsp3) is 0.143. The molecule has 0 aromatic heterocycles. The molecular formula is C14H12ClFN2O3. The number of hydrogen-bond acceptors (Lipinski definition) is 4. The lowest BCUT2D eigenvalue weighted by Gasteiger charge is -2.10. The second kappa shape index (κ2) is 6.90. The molecule has 0 radical (unpaired) electrons. The van der Waals surface area contributed by atoms with Gasteiger partial charge in [-0.1, -0.05) is 11.6 Å². The molecule has 0 aliphatic heterocycles. The minimum atomic E-state index is -0.475. The van der Waals surface area contributed by atoms with Crippen LogP contribution < -0.4 is 10.1 Å². The van der Waals surface area contributed by atoms with E-state index >= 15 is 0 Å². The summed E-state index contributed by atoms with van der Waals surface area (Å²) in [6.07, 6.45) is 0. The Kier molecular flexibility index (Phi) is 4.94. The molecule has 0 aliphatic rings. The van der Waals surface area contributed by atoms with Crippen molar-refractivity contribution >= 4 is 23.0 Å². The van der Waals surface area contributed by atoms with E-state index in [1.165, 1.54) is 42.5 Å². The third kappa shape index (κ3) is 4.32. The third-order valence-electron chi connectivity index (χ3n) is 2.66. The molecule has 2 aromatic carbocycles. The van der Waals surface area contributed by atoms with Crippen LogP contribution in [0.5, 0.6) is 5.75 Å². The van der Waals surface area contributed by atoms with E-state index in [-0.39, 0.29) is 11.5 Å². The van der Waals surface area contributed by atoms with Gasteiger partial charge in [-0.15, -0.1) is 0 Å². The zero-order valence-corrected chi connectivity index (χ0v) is 11.6. The predicted octanol–water partition coefficient (Wildman–Crippen LogP) is 3.88. The van der Waals surface area contributed by atoms with E-state index in [4.69, 9.17) is 16.3 Å². The Balaban J connectivity index is 1.81. The standard InChI is InChI=1S/C14H12ClFN2O3/c15-13-6-1-10(16)9-14(13)17-7-8-21-12-4-2-11(3-5-12)18(19)20/h1-6,9,17H,7-8H2. The van der Waals surface area contributed by atoms with Gasteiger partial charge >= 0.3 is 0 Å². The van der Waals surface area contributed by atoms with E-state index in [0.717, 1.165) is 0 Å². The Morgan fingerprint density at radius 1 is 1.24 bits per heavy atom. The molecule has 0 heterocycles. The number of nitrogens with one attached hydrogen (secondary N) is 1. The molecule has 2 rings (SSSR count). The SMILES string of the molecule is O=[N+]([O-])c1ccc(OCCNc2cc(F)ccc2Cl)cc1. The first-order valence-electron chi connectivity index (χ1n) is 6.12. The maximum absolute atomic E-state index is 13.0. The molecule has 7 heteroatoms. The minimum Gasteiger partial charge on any atom is -0.492 e. The third-order valence-corrected chi connectivity index (χ3v) is 2.99. The number of anilines is 1. The van der Waals surface area contributed by atoms with Crippen LogP contribution in [0.15, 0.2) is 42.5 Å². The highest BCUT2D eigenvalue weighted by Crippen LogP contribution is 2.22. The maximum Gasteiger partial charge on any atom is 0.269 e. The second-order valence-corrected chi connectivity index (χ2v) is 4.56. The summed E-state index contributed by atoms with van der Waals surface area (Å²) in [5.74, 6) is 0.144. The highest BCUT2D eigenvalue weighted by atomic mass is 35.5. The van der Waals surface area contributed by atoms with Gasteiger partial charge in [0.25, 0.3) is 5.69 Å². The smallest absolute Gasteiger partial charge is 0.269 e. The number of halogens is 2. The van der Waals surface area contributed by atoms with Crippen molar-refractivity contribution in [1.82, 2.24) is 0 Å². The van der Waals surface area contributed by atoms with Crippen molar-refractivity contribution in [1.29, 1.82) is 0 Å². The second-order valence-electron chi connectivity index (χ2n) is 4.15.